The molecule has 184 valence electrons. The summed E-state index contributed by atoms with van der Waals surface area (Å²) in [6.45, 7) is 1.24. The average Bonchev–Trinajstić information content (AvgIpc) is 3.39. The van der Waals surface area contributed by atoms with Gasteiger partial charge in [0.2, 0.25) is 0 Å². The molecule has 1 saturated heterocycles. The number of carboxylic acids is 1. The summed E-state index contributed by atoms with van der Waals surface area (Å²) in [4.78, 5) is 36.1. The Bertz CT molecular complexity index is 1620. The Labute approximate surface area is 212 Å². The first-order valence-electron chi connectivity index (χ1n) is 12.1. The Morgan fingerprint density at radius 2 is 1.70 bits per heavy atom. The van der Waals surface area contributed by atoms with Gasteiger partial charge in [-0.2, -0.15) is 9.61 Å². The Morgan fingerprint density at radius 3 is 2.49 bits per heavy atom. The molecule has 0 unspecified atom stereocenters. The van der Waals surface area contributed by atoms with Crippen molar-refractivity contribution in [3.8, 4) is 0 Å². The third-order valence-electron chi connectivity index (χ3n) is 6.94. The molecule has 1 aliphatic rings. The zero-order valence-electron chi connectivity index (χ0n) is 19.9. The van der Waals surface area contributed by atoms with Gasteiger partial charge in [0.25, 0.3) is 5.91 Å². The smallest absolute Gasteiger partial charge is 0.341 e. The van der Waals surface area contributed by atoms with E-state index < -0.39 is 5.97 Å². The molecule has 4 heterocycles. The maximum absolute atomic E-state index is 13.8. The summed E-state index contributed by atoms with van der Waals surface area (Å²) in [7, 11) is 0. The number of benzene rings is 2. The summed E-state index contributed by atoms with van der Waals surface area (Å²) in [6.07, 6.45) is 6.15. The monoisotopic (exact) mass is 492 g/mol. The molecule has 0 saturated carbocycles. The van der Waals surface area contributed by atoms with Crippen LogP contribution in [0.5, 0.6) is 0 Å². The number of carboxylic acid groups (broad SMARTS) is 1. The zero-order chi connectivity index (χ0) is 25.4. The second kappa shape index (κ2) is 9.34. The standard InChI is InChI=1S/C28H24N6O3/c35-27(33-14-11-19(12-15-33)18-6-2-1-3-7-18)21-16-30-25-22(28(36)37)17-31-34(25)26(21)32-24-10-4-9-23-20(24)8-5-13-29-23/h1-10,13,16-17,19,32H,11-12,14-15H2,(H,36,37). The number of rotatable bonds is 5. The van der Waals surface area contributed by atoms with Crippen LogP contribution in [0.3, 0.4) is 0 Å². The molecule has 37 heavy (non-hydrogen) atoms. The Balaban J connectivity index is 1.37. The molecular weight excluding hydrogens is 468 g/mol. The van der Waals surface area contributed by atoms with E-state index in [-0.39, 0.29) is 17.1 Å². The van der Waals surface area contributed by atoms with Crippen LogP contribution in [0.25, 0.3) is 16.6 Å². The van der Waals surface area contributed by atoms with Crippen molar-refractivity contribution in [2.24, 2.45) is 0 Å². The molecule has 0 spiro atoms. The van der Waals surface area contributed by atoms with Crippen LogP contribution < -0.4 is 5.32 Å². The molecule has 0 aliphatic carbocycles. The molecule has 9 nitrogen and oxygen atoms in total. The van der Waals surface area contributed by atoms with E-state index in [4.69, 9.17) is 0 Å². The normalized spacial score (nSPS) is 14.2. The summed E-state index contributed by atoms with van der Waals surface area (Å²) >= 11 is 0. The quantitative estimate of drug-likeness (QED) is 0.364. The predicted octanol–water partition coefficient (Wildman–Crippen LogP) is 4.74. The van der Waals surface area contributed by atoms with Crippen molar-refractivity contribution in [2.45, 2.75) is 18.8 Å². The fourth-order valence-corrected chi connectivity index (χ4v) is 5.01. The Kier molecular flexibility index (Phi) is 5.72. The van der Waals surface area contributed by atoms with E-state index in [1.165, 1.54) is 22.5 Å². The molecule has 2 aromatic carbocycles. The van der Waals surface area contributed by atoms with Crippen LogP contribution in [-0.4, -0.2) is 54.6 Å². The summed E-state index contributed by atoms with van der Waals surface area (Å²) in [5, 5.41) is 18.1. The molecule has 1 aliphatic heterocycles. The van der Waals surface area contributed by atoms with Crippen molar-refractivity contribution in [1.82, 2.24) is 24.5 Å². The Hall–Kier alpha value is -4.79. The third kappa shape index (κ3) is 4.14. The molecule has 6 rings (SSSR count). The van der Waals surface area contributed by atoms with Crippen LogP contribution >= 0.6 is 0 Å². The van der Waals surface area contributed by atoms with Gasteiger partial charge in [-0.25, -0.2) is 9.78 Å². The number of aromatic carboxylic acids is 1. The average molecular weight is 493 g/mol. The second-order valence-corrected chi connectivity index (χ2v) is 9.10. The summed E-state index contributed by atoms with van der Waals surface area (Å²) in [5.74, 6) is -0.529. The zero-order valence-corrected chi connectivity index (χ0v) is 19.9. The van der Waals surface area contributed by atoms with Crippen molar-refractivity contribution in [1.29, 1.82) is 0 Å². The van der Waals surface area contributed by atoms with Crippen LogP contribution in [0.15, 0.2) is 79.3 Å². The molecule has 0 radical (unpaired) electrons. The van der Waals surface area contributed by atoms with Crippen molar-refractivity contribution >= 4 is 39.9 Å². The van der Waals surface area contributed by atoms with Crippen molar-refractivity contribution in [3.63, 3.8) is 0 Å². The highest BCUT2D eigenvalue weighted by Gasteiger charge is 2.28. The first-order valence-corrected chi connectivity index (χ1v) is 12.1. The molecule has 9 heteroatoms. The number of carbonyl (C=O) groups is 2. The van der Waals surface area contributed by atoms with Gasteiger partial charge in [-0.05, 0) is 48.6 Å². The van der Waals surface area contributed by atoms with Gasteiger partial charge in [0.15, 0.2) is 5.65 Å². The lowest BCUT2D eigenvalue weighted by atomic mass is 9.89. The maximum atomic E-state index is 13.8. The van der Waals surface area contributed by atoms with E-state index in [0.29, 0.717) is 30.4 Å². The van der Waals surface area contributed by atoms with Crippen molar-refractivity contribution in [3.05, 3.63) is 95.9 Å². The third-order valence-corrected chi connectivity index (χ3v) is 6.94. The molecule has 1 fully saturated rings. The van der Waals surface area contributed by atoms with Crippen LogP contribution in [0.2, 0.25) is 0 Å². The summed E-state index contributed by atoms with van der Waals surface area (Å²) < 4.78 is 1.39. The minimum atomic E-state index is -1.13. The van der Waals surface area contributed by atoms with Gasteiger partial charge in [0, 0.05) is 36.6 Å². The highest BCUT2D eigenvalue weighted by molar-refractivity contribution is 6.02. The maximum Gasteiger partial charge on any atom is 0.341 e. The molecule has 0 atom stereocenters. The number of fused-ring (bicyclic) bond motifs is 2. The minimum absolute atomic E-state index is 0.0367. The van der Waals surface area contributed by atoms with E-state index >= 15 is 0 Å². The van der Waals surface area contributed by atoms with Crippen LogP contribution in [0.4, 0.5) is 11.5 Å². The van der Waals surface area contributed by atoms with E-state index in [1.54, 1.807) is 6.20 Å². The lowest BCUT2D eigenvalue weighted by Crippen LogP contribution is -2.38. The number of nitrogens with zero attached hydrogens (tertiary/aromatic N) is 5. The van der Waals surface area contributed by atoms with Gasteiger partial charge in [-0.3, -0.25) is 9.78 Å². The second-order valence-electron chi connectivity index (χ2n) is 9.10. The lowest BCUT2D eigenvalue weighted by molar-refractivity contribution is 0.0695. The predicted molar refractivity (Wildman–Crippen MR) is 139 cm³/mol. The lowest BCUT2D eigenvalue weighted by Gasteiger charge is -2.32. The largest absolute Gasteiger partial charge is 0.477 e. The Morgan fingerprint density at radius 1 is 0.892 bits per heavy atom. The number of nitrogens with one attached hydrogen (secondary N) is 1. The number of carbonyl (C=O) groups excluding carboxylic acids is 1. The number of hydrogen-bond acceptors (Lipinski definition) is 6. The SMILES string of the molecule is O=C(O)c1cnn2c(Nc3cccc4ncccc34)c(C(=O)N3CCC(c4ccccc4)CC3)cnc12. The number of hydrogen-bond donors (Lipinski definition) is 2. The van der Waals surface area contributed by atoms with E-state index in [9.17, 15) is 14.7 Å². The van der Waals surface area contributed by atoms with Gasteiger partial charge >= 0.3 is 5.97 Å². The number of pyridine rings is 1. The van der Waals surface area contributed by atoms with Gasteiger partial charge in [-0.15, -0.1) is 0 Å². The fourth-order valence-electron chi connectivity index (χ4n) is 5.01. The molecule has 5 aromatic rings. The number of amides is 1. The van der Waals surface area contributed by atoms with E-state index in [1.807, 2.05) is 53.4 Å². The van der Waals surface area contributed by atoms with Gasteiger partial charge in [-0.1, -0.05) is 36.4 Å². The highest BCUT2D eigenvalue weighted by Crippen LogP contribution is 2.31. The van der Waals surface area contributed by atoms with Gasteiger partial charge < -0.3 is 15.3 Å². The summed E-state index contributed by atoms with van der Waals surface area (Å²) in [5.41, 5.74) is 3.26. The molecule has 3 aromatic heterocycles. The first-order chi connectivity index (χ1) is 18.1. The van der Waals surface area contributed by atoms with Gasteiger partial charge in [0.1, 0.15) is 16.9 Å². The number of piperidine rings is 1. The van der Waals surface area contributed by atoms with Crippen LogP contribution in [0, 0.1) is 0 Å². The highest BCUT2D eigenvalue weighted by atomic mass is 16.4. The van der Waals surface area contributed by atoms with Crippen LogP contribution in [-0.2, 0) is 0 Å². The number of anilines is 2. The molecule has 1 amide bonds. The topological polar surface area (TPSA) is 113 Å². The minimum Gasteiger partial charge on any atom is -0.477 e. The van der Waals surface area contributed by atoms with Crippen molar-refractivity contribution in [2.75, 3.05) is 18.4 Å². The molecule has 0 bridgehead atoms. The van der Waals surface area contributed by atoms with Crippen LogP contribution in [0.1, 0.15) is 45.0 Å². The number of likely N-dealkylation sites (tertiary alicyclic amines) is 1. The van der Waals surface area contributed by atoms with E-state index in [2.05, 4.69) is 32.5 Å². The number of aromatic nitrogens is 4. The van der Waals surface area contributed by atoms with Crippen molar-refractivity contribution < 1.29 is 14.7 Å². The van der Waals surface area contributed by atoms with E-state index in [0.717, 1.165) is 29.4 Å². The fraction of sp³-hybridized carbons (Fsp3) is 0.179. The molecular formula is C28H24N6O3. The molecule has 2 N–H and O–H groups in total. The first kappa shape index (κ1) is 22.7. The summed E-state index contributed by atoms with van der Waals surface area (Å²) in [6, 6.07) is 19.8. The van der Waals surface area contributed by atoms with Gasteiger partial charge in [0.05, 0.1) is 11.7 Å².